The van der Waals surface area contributed by atoms with Crippen LogP contribution in [-0.2, 0) is 13.1 Å². The Morgan fingerprint density at radius 3 is 2.62 bits per heavy atom. The Kier molecular flexibility index (Phi) is 2.67. The van der Waals surface area contributed by atoms with Crippen molar-refractivity contribution < 1.29 is 4.92 Å². The third kappa shape index (κ3) is 2.08. The van der Waals surface area contributed by atoms with E-state index in [0.29, 0.717) is 6.54 Å². The van der Waals surface area contributed by atoms with Crippen LogP contribution in [0.2, 0.25) is 0 Å². The van der Waals surface area contributed by atoms with Gasteiger partial charge in [-0.25, -0.2) is 0 Å². The van der Waals surface area contributed by atoms with Crippen LogP contribution in [0.25, 0.3) is 0 Å². The molecule has 0 unspecified atom stereocenters. The van der Waals surface area contributed by atoms with E-state index in [-0.39, 0.29) is 5.69 Å². The Morgan fingerprint density at radius 1 is 1.31 bits per heavy atom. The second-order valence-electron chi connectivity index (χ2n) is 3.36. The Morgan fingerprint density at radius 2 is 2.06 bits per heavy atom. The predicted octanol–water partition coefficient (Wildman–Crippen LogP) is 1.06. The molecule has 0 bridgehead atoms. The van der Waals surface area contributed by atoms with Crippen LogP contribution in [-0.4, -0.2) is 24.5 Å². The van der Waals surface area contributed by atoms with Crippen LogP contribution in [0, 0.1) is 10.1 Å². The van der Waals surface area contributed by atoms with Gasteiger partial charge in [0.05, 0.1) is 17.7 Å². The van der Waals surface area contributed by atoms with Gasteiger partial charge in [-0.2, -0.15) is 10.2 Å². The minimum atomic E-state index is -0.459. The molecule has 16 heavy (non-hydrogen) atoms. The molecule has 0 amide bonds. The highest BCUT2D eigenvalue weighted by atomic mass is 16.6. The van der Waals surface area contributed by atoms with E-state index in [1.54, 1.807) is 10.9 Å². The summed E-state index contributed by atoms with van der Waals surface area (Å²) >= 11 is 0. The lowest BCUT2D eigenvalue weighted by molar-refractivity contribution is -0.385. The van der Waals surface area contributed by atoms with Gasteiger partial charge >= 0.3 is 5.69 Å². The van der Waals surface area contributed by atoms with Gasteiger partial charge in [0.2, 0.25) is 0 Å². The Hall–Kier alpha value is -2.18. The molecule has 2 aromatic heterocycles. The average molecular weight is 221 g/mol. The Bertz CT molecular complexity index is 501. The molecule has 84 valence electrons. The predicted molar refractivity (Wildman–Crippen MR) is 55.9 cm³/mol. The largest absolute Gasteiger partial charge is 0.307 e. The molecule has 0 radical (unpaired) electrons. The molecule has 0 aliphatic rings. The van der Waals surface area contributed by atoms with Crippen molar-refractivity contribution in [3.05, 3.63) is 40.5 Å². The molecule has 0 saturated carbocycles. The number of aryl methyl sites for hydroxylation is 1. The average Bonchev–Trinajstić information content (AvgIpc) is 2.87. The molecule has 2 heterocycles. The van der Waals surface area contributed by atoms with Crippen LogP contribution >= 0.6 is 0 Å². The molecule has 0 aliphatic carbocycles. The van der Waals surface area contributed by atoms with Crippen LogP contribution < -0.4 is 0 Å². The van der Waals surface area contributed by atoms with E-state index in [0.717, 1.165) is 12.1 Å². The molecule has 7 heteroatoms. The fourth-order valence-electron chi connectivity index (χ4n) is 1.38. The highest BCUT2D eigenvalue weighted by Gasteiger charge is 2.09. The van der Waals surface area contributed by atoms with Gasteiger partial charge in [-0.15, -0.1) is 0 Å². The van der Waals surface area contributed by atoms with E-state index in [2.05, 4.69) is 10.2 Å². The number of rotatable bonds is 4. The molecule has 2 aromatic rings. The van der Waals surface area contributed by atoms with Gasteiger partial charge in [0.15, 0.2) is 0 Å². The van der Waals surface area contributed by atoms with Crippen LogP contribution in [0.1, 0.15) is 12.5 Å². The summed E-state index contributed by atoms with van der Waals surface area (Å²) in [5, 5.41) is 18.5. The molecule has 0 aliphatic heterocycles. The summed E-state index contributed by atoms with van der Waals surface area (Å²) < 4.78 is 3.32. The third-order valence-corrected chi connectivity index (χ3v) is 2.19. The van der Waals surface area contributed by atoms with Crippen molar-refractivity contribution in [1.29, 1.82) is 0 Å². The zero-order chi connectivity index (χ0) is 11.5. The van der Waals surface area contributed by atoms with Gasteiger partial charge in [-0.05, 0) is 6.92 Å². The van der Waals surface area contributed by atoms with Crippen LogP contribution in [0.5, 0.6) is 0 Å². The molecular formula is C9H11N5O2. The summed E-state index contributed by atoms with van der Waals surface area (Å²) in [6.07, 6.45) is 6.28. The van der Waals surface area contributed by atoms with Gasteiger partial charge in [0.1, 0.15) is 12.4 Å². The standard InChI is InChI=1S/C9H11N5O2/c1-2-12-5-8(3-10-12)6-13-7-9(4-11-13)14(15)16/h3-5,7H,2,6H2,1H3. The van der Waals surface area contributed by atoms with E-state index in [1.165, 1.54) is 17.1 Å². The first-order valence-corrected chi connectivity index (χ1v) is 4.87. The van der Waals surface area contributed by atoms with E-state index in [4.69, 9.17) is 0 Å². The highest BCUT2D eigenvalue weighted by molar-refractivity contribution is 5.21. The first-order valence-electron chi connectivity index (χ1n) is 4.87. The molecule has 7 nitrogen and oxygen atoms in total. The maximum Gasteiger partial charge on any atom is 0.307 e. The Labute approximate surface area is 91.5 Å². The maximum absolute atomic E-state index is 10.5. The quantitative estimate of drug-likeness (QED) is 0.571. The maximum atomic E-state index is 10.5. The smallest absolute Gasteiger partial charge is 0.273 e. The zero-order valence-electron chi connectivity index (χ0n) is 8.78. The van der Waals surface area contributed by atoms with E-state index in [1.807, 2.05) is 13.1 Å². The number of nitrogens with zero attached hydrogens (tertiary/aromatic N) is 5. The second kappa shape index (κ2) is 4.13. The fraction of sp³-hybridized carbons (Fsp3) is 0.333. The first kappa shape index (κ1) is 10.3. The van der Waals surface area contributed by atoms with Crippen LogP contribution in [0.4, 0.5) is 5.69 Å². The molecule has 0 fully saturated rings. The lowest BCUT2D eigenvalue weighted by Crippen LogP contribution is -1.99. The van der Waals surface area contributed by atoms with Crippen molar-refractivity contribution in [2.45, 2.75) is 20.0 Å². The van der Waals surface area contributed by atoms with Crippen molar-refractivity contribution in [2.75, 3.05) is 0 Å². The van der Waals surface area contributed by atoms with Crippen LogP contribution in [0.3, 0.4) is 0 Å². The van der Waals surface area contributed by atoms with E-state index in [9.17, 15) is 10.1 Å². The number of hydrogen-bond donors (Lipinski definition) is 0. The normalized spacial score (nSPS) is 10.6. The van der Waals surface area contributed by atoms with E-state index < -0.39 is 4.92 Å². The molecule has 0 atom stereocenters. The van der Waals surface area contributed by atoms with Crippen molar-refractivity contribution in [1.82, 2.24) is 19.6 Å². The third-order valence-electron chi connectivity index (χ3n) is 2.19. The molecule has 0 aromatic carbocycles. The van der Waals surface area contributed by atoms with Gasteiger partial charge in [-0.1, -0.05) is 0 Å². The van der Waals surface area contributed by atoms with Gasteiger partial charge < -0.3 is 0 Å². The van der Waals surface area contributed by atoms with Gasteiger partial charge in [0, 0.05) is 18.3 Å². The van der Waals surface area contributed by atoms with E-state index >= 15 is 0 Å². The summed E-state index contributed by atoms with van der Waals surface area (Å²) in [7, 11) is 0. The topological polar surface area (TPSA) is 78.8 Å². The van der Waals surface area contributed by atoms with Gasteiger partial charge in [-0.3, -0.25) is 19.5 Å². The second-order valence-corrected chi connectivity index (χ2v) is 3.36. The van der Waals surface area contributed by atoms with Crippen molar-refractivity contribution in [2.24, 2.45) is 0 Å². The molecule has 0 saturated heterocycles. The molecular weight excluding hydrogens is 210 g/mol. The van der Waals surface area contributed by atoms with Crippen LogP contribution in [0.15, 0.2) is 24.8 Å². The highest BCUT2D eigenvalue weighted by Crippen LogP contribution is 2.09. The molecule has 0 N–H and O–H groups in total. The summed E-state index contributed by atoms with van der Waals surface area (Å²) in [5.74, 6) is 0. The number of nitro groups is 1. The summed E-state index contributed by atoms with van der Waals surface area (Å²) in [5.41, 5.74) is 0.975. The monoisotopic (exact) mass is 221 g/mol. The van der Waals surface area contributed by atoms with Gasteiger partial charge in [0.25, 0.3) is 0 Å². The number of aromatic nitrogens is 4. The SMILES string of the molecule is CCn1cc(Cn2cc([N+](=O)[O-])cn2)cn1. The lowest BCUT2D eigenvalue weighted by atomic mass is 10.4. The Balaban J connectivity index is 2.11. The summed E-state index contributed by atoms with van der Waals surface area (Å²) in [4.78, 5) is 9.99. The first-order chi connectivity index (χ1) is 7.69. The van der Waals surface area contributed by atoms with Crippen molar-refractivity contribution >= 4 is 5.69 Å². The lowest BCUT2D eigenvalue weighted by Gasteiger charge is -1.96. The summed E-state index contributed by atoms with van der Waals surface area (Å²) in [6.45, 7) is 3.29. The summed E-state index contributed by atoms with van der Waals surface area (Å²) in [6, 6.07) is 0. The molecule has 0 spiro atoms. The van der Waals surface area contributed by atoms with Crippen molar-refractivity contribution in [3.63, 3.8) is 0 Å². The minimum absolute atomic E-state index is 0.00267. The zero-order valence-corrected chi connectivity index (χ0v) is 8.78. The number of hydrogen-bond acceptors (Lipinski definition) is 4. The minimum Gasteiger partial charge on any atom is -0.273 e. The van der Waals surface area contributed by atoms with Crippen molar-refractivity contribution in [3.8, 4) is 0 Å². The molecule has 2 rings (SSSR count). The fourth-order valence-corrected chi connectivity index (χ4v) is 1.38.